The third-order valence-corrected chi connectivity index (χ3v) is 5.86. The molecule has 0 heterocycles. The maximum Gasteiger partial charge on any atom is 0.126 e. The van der Waals surface area contributed by atoms with Gasteiger partial charge in [0.1, 0.15) is 11.5 Å². The minimum atomic E-state index is 0.0172. The zero-order valence-corrected chi connectivity index (χ0v) is 20.1. The number of ether oxygens (including phenoxy) is 1. The van der Waals surface area contributed by atoms with Gasteiger partial charge >= 0.3 is 0 Å². The number of phenols is 1. The van der Waals surface area contributed by atoms with Gasteiger partial charge in [-0.05, 0) is 30.4 Å². The van der Waals surface area contributed by atoms with E-state index in [9.17, 15) is 5.11 Å². The number of hydrogen-bond donors (Lipinski definition) is 1. The van der Waals surface area contributed by atoms with Gasteiger partial charge in [0.25, 0.3) is 0 Å². The molecule has 0 aliphatic carbocycles. The summed E-state index contributed by atoms with van der Waals surface area (Å²) in [4.78, 5) is 0. The summed E-state index contributed by atoms with van der Waals surface area (Å²) in [6.45, 7) is 11.5. The highest BCUT2D eigenvalue weighted by Crippen LogP contribution is 2.36. The first-order valence-electron chi connectivity index (χ1n) is 12.3. The average molecular weight is 405 g/mol. The van der Waals surface area contributed by atoms with Crippen molar-refractivity contribution in [3.63, 3.8) is 0 Å². The lowest BCUT2D eigenvalue weighted by atomic mass is 9.85. The maximum atomic E-state index is 10.0. The molecule has 168 valence electrons. The van der Waals surface area contributed by atoms with Gasteiger partial charge in [0.2, 0.25) is 0 Å². The quantitative estimate of drug-likeness (QED) is 0.279. The summed E-state index contributed by atoms with van der Waals surface area (Å²) in [5.41, 5.74) is 2.11. The van der Waals surface area contributed by atoms with Crippen LogP contribution in [0, 0.1) is 6.92 Å². The first-order valence-corrected chi connectivity index (χ1v) is 12.3. The summed E-state index contributed by atoms with van der Waals surface area (Å²) in [5.74, 6) is 1.17. The minimum Gasteiger partial charge on any atom is -0.508 e. The molecule has 0 saturated carbocycles. The fourth-order valence-electron chi connectivity index (χ4n) is 3.86. The molecule has 0 aliphatic heterocycles. The largest absolute Gasteiger partial charge is 0.508 e. The zero-order chi connectivity index (χ0) is 21.5. The van der Waals surface area contributed by atoms with E-state index in [0.29, 0.717) is 5.75 Å². The van der Waals surface area contributed by atoms with E-state index >= 15 is 0 Å². The fourth-order valence-corrected chi connectivity index (χ4v) is 3.86. The van der Waals surface area contributed by atoms with Gasteiger partial charge in [-0.1, -0.05) is 111 Å². The van der Waals surface area contributed by atoms with Crippen molar-refractivity contribution >= 4 is 0 Å². The molecular weight excluding hydrogens is 356 g/mol. The summed E-state index contributed by atoms with van der Waals surface area (Å²) in [7, 11) is 0. The molecule has 1 rings (SSSR count). The lowest BCUT2D eigenvalue weighted by Crippen LogP contribution is -2.14. The van der Waals surface area contributed by atoms with Gasteiger partial charge < -0.3 is 9.84 Å². The second-order valence-corrected chi connectivity index (χ2v) is 9.83. The molecule has 2 heteroatoms. The van der Waals surface area contributed by atoms with E-state index in [0.717, 1.165) is 24.3 Å². The van der Waals surface area contributed by atoms with Crippen LogP contribution in [-0.2, 0) is 5.41 Å². The molecule has 0 bridgehead atoms. The van der Waals surface area contributed by atoms with Crippen LogP contribution in [-0.4, -0.2) is 11.7 Å². The zero-order valence-electron chi connectivity index (χ0n) is 20.1. The normalized spacial score (nSPS) is 11.8. The summed E-state index contributed by atoms with van der Waals surface area (Å²) in [5, 5.41) is 10.0. The molecular formula is C27H48O2. The van der Waals surface area contributed by atoms with Crippen LogP contribution in [0.25, 0.3) is 0 Å². The summed E-state index contributed by atoms with van der Waals surface area (Å²) >= 11 is 0. The van der Waals surface area contributed by atoms with E-state index in [1.54, 1.807) is 6.07 Å². The lowest BCUT2D eigenvalue weighted by Gasteiger charge is -2.24. The highest BCUT2D eigenvalue weighted by atomic mass is 16.5. The Morgan fingerprint density at radius 1 is 0.724 bits per heavy atom. The summed E-state index contributed by atoms with van der Waals surface area (Å²) in [6.07, 6.45) is 19.1. The van der Waals surface area contributed by atoms with Crippen LogP contribution >= 0.6 is 0 Å². The Hall–Kier alpha value is -1.18. The number of rotatable bonds is 16. The van der Waals surface area contributed by atoms with Crippen molar-refractivity contribution in [1.29, 1.82) is 0 Å². The molecule has 2 nitrogen and oxygen atoms in total. The standard InChI is InChI=1S/C27H48O2/c1-6-7-8-9-10-11-12-13-14-15-16-17-18-19-20-29-26-22-25(28)23(2)21-24(26)27(3,4)5/h21-22,28H,6-20H2,1-5H3. The van der Waals surface area contributed by atoms with Gasteiger partial charge in [0.15, 0.2) is 0 Å². The van der Waals surface area contributed by atoms with Crippen LogP contribution in [0.15, 0.2) is 12.1 Å². The van der Waals surface area contributed by atoms with Crippen molar-refractivity contribution in [1.82, 2.24) is 0 Å². The van der Waals surface area contributed by atoms with Crippen LogP contribution in [0.3, 0.4) is 0 Å². The number of unbranched alkanes of at least 4 members (excludes halogenated alkanes) is 13. The van der Waals surface area contributed by atoms with Gasteiger partial charge in [-0.15, -0.1) is 0 Å². The third kappa shape index (κ3) is 11.6. The lowest BCUT2D eigenvalue weighted by molar-refractivity contribution is 0.294. The Morgan fingerprint density at radius 2 is 1.17 bits per heavy atom. The van der Waals surface area contributed by atoms with E-state index in [-0.39, 0.29) is 5.41 Å². The summed E-state index contributed by atoms with van der Waals surface area (Å²) in [6, 6.07) is 3.86. The number of aryl methyl sites for hydroxylation is 1. The molecule has 0 radical (unpaired) electrons. The number of hydrogen-bond acceptors (Lipinski definition) is 2. The number of aromatic hydroxyl groups is 1. The topological polar surface area (TPSA) is 29.5 Å². The molecule has 0 spiro atoms. The van der Waals surface area contributed by atoms with Crippen molar-refractivity contribution < 1.29 is 9.84 Å². The van der Waals surface area contributed by atoms with Crippen LogP contribution in [0.2, 0.25) is 0 Å². The van der Waals surface area contributed by atoms with Crippen LogP contribution in [0.5, 0.6) is 11.5 Å². The molecule has 0 atom stereocenters. The van der Waals surface area contributed by atoms with E-state index in [1.165, 1.54) is 89.0 Å². The first kappa shape index (κ1) is 25.9. The van der Waals surface area contributed by atoms with Crippen molar-refractivity contribution in [3.8, 4) is 11.5 Å². The molecule has 0 fully saturated rings. The highest BCUT2D eigenvalue weighted by Gasteiger charge is 2.20. The van der Waals surface area contributed by atoms with Crippen molar-refractivity contribution in [3.05, 3.63) is 23.3 Å². The SMILES string of the molecule is CCCCCCCCCCCCCCCCOc1cc(O)c(C)cc1C(C)(C)C. The second kappa shape index (κ2) is 14.7. The van der Waals surface area contributed by atoms with Crippen LogP contribution < -0.4 is 4.74 Å². The Morgan fingerprint density at radius 3 is 1.62 bits per heavy atom. The Bertz CT molecular complexity index is 542. The molecule has 0 unspecified atom stereocenters. The van der Waals surface area contributed by atoms with Gasteiger partial charge in [-0.2, -0.15) is 0 Å². The van der Waals surface area contributed by atoms with Gasteiger partial charge in [0.05, 0.1) is 6.61 Å². The predicted octanol–water partition coefficient (Wildman–Crippen LogP) is 8.86. The molecule has 0 aliphatic rings. The van der Waals surface area contributed by atoms with E-state index in [1.807, 2.05) is 6.92 Å². The molecule has 1 aromatic rings. The smallest absolute Gasteiger partial charge is 0.126 e. The average Bonchev–Trinajstić information content (AvgIpc) is 2.66. The Balaban J connectivity index is 2.06. The minimum absolute atomic E-state index is 0.0172. The molecule has 1 aromatic carbocycles. The van der Waals surface area contributed by atoms with E-state index < -0.39 is 0 Å². The Labute approximate surface area is 181 Å². The van der Waals surface area contributed by atoms with Crippen LogP contribution in [0.1, 0.15) is 129 Å². The molecule has 0 aromatic heterocycles. The Kier molecular flexibility index (Phi) is 13.1. The van der Waals surface area contributed by atoms with Gasteiger partial charge in [0, 0.05) is 11.6 Å². The number of phenolic OH excluding ortho intramolecular Hbond substituents is 1. The highest BCUT2D eigenvalue weighted by molar-refractivity contribution is 5.48. The molecule has 1 N–H and O–H groups in total. The predicted molar refractivity (Wildman–Crippen MR) is 127 cm³/mol. The second-order valence-electron chi connectivity index (χ2n) is 9.83. The molecule has 0 amide bonds. The molecule has 0 saturated heterocycles. The number of benzene rings is 1. The summed E-state index contributed by atoms with van der Waals surface area (Å²) < 4.78 is 6.05. The van der Waals surface area contributed by atoms with Crippen molar-refractivity contribution in [2.24, 2.45) is 0 Å². The monoisotopic (exact) mass is 404 g/mol. The van der Waals surface area contributed by atoms with Gasteiger partial charge in [-0.25, -0.2) is 0 Å². The first-order chi connectivity index (χ1) is 13.9. The van der Waals surface area contributed by atoms with Crippen LogP contribution in [0.4, 0.5) is 0 Å². The van der Waals surface area contributed by atoms with Crippen molar-refractivity contribution in [2.75, 3.05) is 6.61 Å². The third-order valence-electron chi connectivity index (χ3n) is 5.86. The van der Waals surface area contributed by atoms with E-state index in [2.05, 4.69) is 33.8 Å². The maximum absolute atomic E-state index is 10.0. The van der Waals surface area contributed by atoms with E-state index in [4.69, 9.17) is 4.74 Å². The van der Waals surface area contributed by atoms with Gasteiger partial charge in [-0.3, -0.25) is 0 Å². The fraction of sp³-hybridized carbons (Fsp3) is 0.778. The van der Waals surface area contributed by atoms with Crippen molar-refractivity contribution in [2.45, 2.75) is 130 Å². The molecule has 29 heavy (non-hydrogen) atoms.